The Balaban J connectivity index is 1.60. The summed E-state index contributed by atoms with van der Waals surface area (Å²) in [5, 5.41) is 5.34. The number of benzene rings is 2. The van der Waals surface area contributed by atoms with E-state index >= 15 is 0 Å². The minimum Gasteiger partial charge on any atom is -0.465 e. The number of pyridine rings is 1. The van der Waals surface area contributed by atoms with Crippen LogP contribution in [-0.4, -0.2) is 36.5 Å². The van der Waals surface area contributed by atoms with Crippen molar-refractivity contribution in [2.75, 3.05) is 6.61 Å². The number of rotatable bonds is 5. The molecule has 0 aliphatic carbocycles. The smallest absolute Gasteiger partial charge is 0.334 e. The van der Waals surface area contributed by atoms with Crippen molar-refractivity contribution in [1.29, 1.82) is 0 Å². The van der Waals surface area contributed by atoms with E-state index in [1.807, 2.05) is 68.0 Å². The summed E-state index contributed by atoms with van der Waals surface area (Å²) in [6.45, 7) is 1.88. The van der Waals surface area contributed by atoms with Gasteiger partial charge in [0, 0.05) is 24.2 Å². The van der Waals surface area contributed by atoms with E-state index in [1.54, 1.807) is 22.4 Å². The molecule has 3 heterocycles. The Labute approximate surface area is 183 Å². The number of para-hydroxylation sites is 2. The molecule has 5 aromatic rings. The third kappa shape index (κ3) is 3.17. The molecule has 32 heavy (non-hydrogen) atoms. The lowest BCUT2D eigenvalue weighted by Crippen LogP contribution is -2.27. The van der Waals surface area contributed by atoms with E-state index in [-0.39, 0.29) is 18.8 Å². The van der Waals surface area contributed by atoms with Crippen molar-refractivity contribution in [3.05, 3.63) is 77.6 Å². The summed E-state index contributed by atoms with van der Waals surface area (Å²) >= 11 is 0. The number of fused-ring (bicyclic) bond motifs is 2. The summed E-state index contributed by atoms with van der Waals surface area (Å²) in [4.78, 5) is 29.7. The third-order valence-electron chi connectivity index (χ3n) is 5.54. The van der Waals surface area contributed by atoms with Crippen molar-refractivity contribution in [1.82, 2.24) is 23.9 Å². The molecule has 0 bridgehead atoms. The predicted octanol–water partition coefficient (Wildman–Crippen LogP) is 3.30. The number of imidazole rings is 1. The molecule has 3 aromatic heterocycles. The fourth-order valence-electron chi connectivity index (χ4n) is 4.03. The molecule has 0 N–H and O–H groups in total. The topological polar surface area (TPSA) is 83.9 Å². The Hall–Kier alpha value is -4.20. The van der Waals surface area contributed by atoms with Crippen molar-refractivity contribution >= 4 is 27.9 Å². The lowest BCUT2D eigenvalue weighted by atomic mass is 10.0. The van der Waals surface area contributed by atoms with Crippen LogP contribution < -0.4 is 5.69 Å². The first kappa shape index (κ1) is 19.7. The average molecular weight is 427 g/mol. The lowest BCUT2D eigenvalue weighted by molar-refractivity contribution is -0.143. The van der Waals surface area contributed by atoms with Gasteiger partial charge in [0.05, 0.1) is 41.2 Å². The lowest BCUT2D eigenvalue weighted by Gasteiger charge is -2.07. The van der Waals surface area contributed by atoms with Crippen molar-refractivity contribution in [2.24, 2.45) is 7.05 Å². The van der Waals surface area contributed by atoms with Crippen LogP contribution >= 0.6 is 0 Å². The molecule has 0 saturated carbocycles. The van der Waals surface area contributed by atoms with Gasteiger partial charge in [-0.25, -0.2) is 4.79 Å². The second-order valence-corrected chi connectivity index (χ2v) is 7.43. The molecule has 0 fully saturated rings. The van der Waals surface area contributed by atoms with Crippen LogP contribution in [0.5, 0.6) is 0 Å². The fourth-order valence-corrected chi connectivity index (χ4v) is 4.03. The highest BCUT2D eigenvalue weighted by molar-refractivity contribution is 5.93. The number of carbonyl (C=O) groups excluding carboxylic acids is 1. The summed E-state index contributed by atoms with van der Waals surface area (Å²) in [5.41, 5.74) is 4.73. The first-order valence-electron chi connectivity index (χ1n) is 10.3. The van der Waals surface area contributed by atoms with Crippen LogP contribution in [0.15, 0.2) is 71.9 Å². The van der Waals surface area contributed by atoms with Crippen LogP contribution in [-0.2, 0) is 23.1 Å². The van der Waals surface area contributed by atoms with Gasteiger partial charge in [-0.2, -0.15) is 5.10 Å². The number of hydrogen-bond donors (Lipinski definition) is 0. The van der Waals surface area contributed by atoms with Gasteiger partial charge in [-0.15, -0.1) is 0 Å². The van der Waals surface area contributed by atoms with Gasteiger partial charge >= 0.3 is 11.7 Å². The monoisotopic (exact) mass is 427 g/mol. The molecule has 8 heteroatoms. The summed E-state index contributed by atoms with van der Waals surface area (Å²) in [6.07, 6.45) is 5.43. The SMILES string of the molecule is CCOC(=O)Cn1c(=O)n(-c2ccc(-c3cncc4c3cnn4C)cc2)c2ccccc21. The largest absolute Gasteiger partial charge is 0.465 e. The Bertz CT molecular complexity index is 1510. The Morgan fingerprint density at radius 2 is 1.72 bits per heavy atom. The van der Waals surface area contributed by atoms with Crippen molar-refractivity contribution in [3.8, 4) is 16.8 Å². The van der Waals surface area contributed by atoms with Crippen LogP contribution in [0.2, 0.25) is 0 Å². The minimum atomic E-state index is -0.440. The van der Waals surface area contributed by atoms with E-state index in [2.05, 4.69) is 10.1 Å². The normalized spacial score (nSPS) is 11.3. The molecular formula is C24H21N5O3. The number of hydrogen-bond acceptors (Lipinski definition) is 5. The number of nitrogens with zero attached hydrogens (tertiary/aromatic N) is 5. The second kappa shape index (κ2) is 7.81. The molecular weight excluding hydrogens is 406 g/mol. The molecule has 0 atom stereocenters. The first-order chi connectivity index (χ1) is 15.6. The molecule has 0 radical (unpaired) electrons. The van der Waals surface area contributed by atoms with Gasteiger partial charge in [-0.05, 0) is 36.8 Å². The van der Waals surface area contributed by atoms with Gasteiger partial charge in [-0.1, -0.05) is 24.3 Å². The summed E-state index contributed by atoms with van der Waals surface area (Å²) in [6, 6.07) is 15.1. The number of aryl methyl sites for hydroxylation is 1. The van der Waals surface area contributed by atoms with E-state index in [4.69, 9.17) is 4.74 Å². The molecule has 0 spiro atoms. The molecule has 0 saturated heterocycles. The second-order valence-electron chi connectivity index (χ2n) is 7.43. The van der Waals surface area contributed by atoms with Gasteiger partial charge in [0.25, 0.3) is 0 Å². The highest BCUT2D eigenvalue weighted by Crippen LogP contribution is 2.28. The van der Waals surface area contributed by atoms with Crippen molar-refractivity contribution in [3.63, 3.8) is 0 Å². The Morgan fingerprint density at radius 1 is 0.969 bits per heavy atom. The van der Waals surface area contributed by atoms with Crippen LogP contribution in [0.1, 0.15) is 6.92 Å². The van der Waals surface area contributed by atoms with Gasteiger partial charge in [0.15, 0.2) is 0 Å². The minimum absolute atomic E-state index is 0.132. The Kier molecular flexibility index (Phi) is 4.82. The molecule has 0 unspecified atom stereocenters. The zero-order valence-corrected chi connectivity index (χ0v) is 17.7. The highest BCUT2D eigenvalue weighted by Gasteiger charge is 2.17. The molecule has 160 valence electrons. The zero-order valence-electron chi connectivity index (χ0n) is 17.7. The van der Waals surface area contributed by atoms with Crippen molar-refractivity contribution in [2.45, 2.75) is 13.5 Å². The maximum absolute atomic E-state index is 13.3. The molecule has 0 aliphatic rings. The van der Waals surface area contributed by atoms with E-state index in [0.29, 0.717) is 11.2 Å². The number of aromatic nitrogens is 5. The van der Waals surface area contributed by atoms with Crippen LogP contribution in [0.25, 0.3) is 38.8 Å². The average Bonchev–Trinajstić information content (AvgIpc) is 3.32. The fraction of sp³-hybridized carbons (Fsp3) is 0.167. The van der Waals surface area contributed by atoms with Crippen LogP contribution in [0, 0.1) is 0 Å². The zero-order chi connectivity index (χ0) is 22.2. The number of ether oxygens (including phenoxy) is 1. The first-order valence-corrected chi connectivity index (χ1v) is 10.3. The number of esters is 1. The van der Waals surface area contributed by atoms with Crippen LogP contribution in [0.3, 0.4) is 0 Å². The van der Waals surface area contributed by atoms with E-state index in [1.165, 1.54) is 4.57 Å². The summed E-state index contributed by atoms with van der Waals surface area (Å²) in [5.74, 6) is -0.440. The maximum atomic E-state index is 13.3. The predicted molar refractivity (Wildman–Crippen MR) is 122 cm³/mol. The molecule has 0 aliphatic heterocycles. The number of carbonyl (C=O) groups is 1. The molecule has 5 rings (SSSR count). The van der Waals surface area contributed by atoms with Crippen molar-refractivity contribution < 1.29 is 9.53 Å². The van der Waals surface area contributed by atoms with Crippen LogP contribution in [0.4, 0.5) is 0 Å². The summed E-state index contributed by atoms with van der Waals surface area (Å²) < 4.78 is 9.89. The maximum Gasteiger partial charge on any atom is 0.334 e. The van der Waals surface area contributed by atoms with E-state index < -0.39 is 5.97 Å². The van der Waals surface area contributed by atoms with E-state index in [9.17, 15) is 9.59 Å². The molecule has 8 nitrogen and oxygen atoms in total. The highest BCUT2D eigenvalue weighted by atomic mass is 16.5. The van der Waals surface area contributed by atoms with Gasteiger partial charge < -0.3 is 4.74 Å². The Morgan fingerprint density at radius 3 is 2.47 bits per heavy atom. The standard InChI is InChI=1S/C24H21N5O3/c1-3-32-23(30)15-28-20-6-4-5-7-21(20)29(24(28)31)17-10-8-16(9-11-17)18-12-25-14-22-19(18)13-26-27(22)2/h4-14H,3,15H2,1-2H3. The third-order valence-corrected chi connectivity index (χ3v) is 5.54. The molecule has 2 aromatic carbocycles. The van der Waals surface area contributed by atoms with Gasteiger partial charge in [-0.3, -0.25) is 23.6 Å². The van der Waals surface area contributed by atoms with Gasteiger partial charge in [0.2, 0.25) is 0 Å². The summed E-state index contributed by atoms with van der Waals surface area (Å²) in [7, 11) is 1.88. The van der Waals surface area contributed by atoms with E-state index in [0.717, 1.165) is 27.5 Å². The van der Waals surface area contributed by atoms with Gasteiger partial charge in [0.1, 0.15) is 6.54 Å². The molecule has 0 amide bonds. The quantitative estimate of drug-likeness (QED) is 0.402.